The lowest BCUT2D eigenvalue weighted by atomic mass is 10.1. The second-order valence-corrected chi connectivity index (χ2v) is 10.0. The molecule has 0 aliphatic rings. The van der Waals surface area contributed by atoms with E-state index in [2.05, 4.69) is 20.3 Å². The van der Waals surface area contributed by atoms with Crippen LogP contribution in [0.1, 0.15) is 35.7 Å². The summed E-state index contributed by atoms with van der Waals surface area (Å²) in [6.07, 6.45) is 4.12. The average Bonchev–Trinajstić information content (AvgIpc) is 2.91. The minimum Gasteiger partial charge on any atom is -0.490 e. The number of aryl methyl sites for hydroxylation is 1. The van der Waals surface area contributed by atoms with E-state index in [1.54, 1.807) is 24.3 Å². The molecule has 0 bridgehead atoms. The fourth-order valence-corrected chi connectivity index (χ4v) is 4.75. The number of rotatable bonds is 15. The van der Waals surface area contributed by atoms with E-state index < -0.39 is 0 Å². The number of carbonyl (C=O) groups is 2. The third-order valence-corrected chi connectivity index (χ3v) is 6.57. The lowest BCUT2D eigenvalue weighted by Crippen LogP contribution is -2.10. The van der Waals surface area contributed by atoms with Crippen molar-refractivity contribution in [1.29, 1.82) is 0 Å². The Hall–Kier alpha value is -2.82. The molecule has 0 saturated carbocycles. The molecular formula is C27H27Cl4N3O6. The fourth-order valence-electron chi connectivity index (χ4n) is 3.51. The molecule has 0 radical (unpaired) electrons. The zero-order valence-electron chi connectivity index (χ0n) is 21.8. The smallest absolute Gasteiger partial charge is 0.305 e. The lowest BCUT2D eigenvalue weighted by molar-refractivity contribution is -0.140. The standard InChI is InChI=1S/C27H27Cl4N3O6/c1-16(35)19-14-32-33-15-24(19)34-18-12-22(30)27(23(31)13-18)40-9-8-38-6-3-7-39-26-20(28)10-17(11-21(26)29)4-5-25(36)37-2/h10-15H,3-9H2,1-2H3,(H,32,34). The van der Waals surface area contributed by atoms with Crippen LogP contribution in [0.25, 0.3) is 0 Å². The summed E-state index contributed by atoms with van der Waals surface area (Å²) in [6, 6.07) is 6.71. The van der Waals surface area contributed by atoms with Crippen molar-refractivity contribution in [3.05, 3.63) is 67.9 Å². The molecule has 0 aliphatic carbocycles. The Morgan fingerprint density at radius 1 is 0.825 bits per heavy atom. The molecule has 0 saturated heterocycles. The van der Waals surface area contributed by atoms with Crippen molar-refractivity contribution < 1.29 is 28.5 Å². The van der Waals surface area contributed by atoms with Gasteiger partial charge in [-0.05, 0) is 43.2 Å². The first kappa shape index (κ1) is 31.7. The van der Waals surface area contributed by atoms with E-state index >= 15 is 0 Å². The highest BCUT2D eigenvalue weighted by Crippen LogP contribution is 2.37. The van der Waals surface area contributed by atoms with Crippen LogP contribution in [-0.4, -0.2) is 55.5 Å². The predicted molar refractivity (Wildman–Crippen MR) is 155 cm³/mol. The summed E-state index contributed by atoms with van der Waals surface area (Å²) >= 11 is 25.3. The number of anilines is 2. The van der Waals surface area contributed by atoms with E-state index in [1.807, 2.05) is 0 Å². The van der Waals surface area contributed by atoms with Crippen LogP contribution >= 0.6 is 46.4 Å². The molecule has 214 valence electrons. The number of hydrogen-bond acceptors (Lipinski definition) is 9. The van der Waals surface area contributed by atoms with Crippen molar-refractivity contribution >= 4 is 69.5 Å². The molecule has 1 N–H and O–H groups in total. The van der Waals surface area contributed by atoms with Gasteiger partial charge < -0.3 is 24.3 Å². The van der Waals surface area contributed by atoms with Gasteiger partial charge in [-0.15, -0.1) is 0 Å². The number of nitrogens with zero attached hydrogens (tertiary/aromatic N) is 2. The predicted octanol–water partition coefficient (Wildman–Crippen LogP) is 7.01. The molecular weight excluding hydrogens is 604 g/mol. The van der Waals surface area contributed by atoms with Gasteiger partial charge >= 0.3 is 5.97 Å². The third-order valence-electron chi connectivity index (χ3n) is 5.44. The summed E-state index contributed by atoms with van der Waals surface area (Å²) in [7, 11) is 1.34. The molecule has 0 atom stereocenters. The number of hydrogen-bond donors (Lipinski definition) is 1. The number of carbonyl (C=O) groups excluding carboxylic acids is 2. The normalized spacial score (nSPS) is 10.8. The van der Waals surface area contributed by atoms with Crippen molar-refractivity contribution in [2.24, 2.45) is 0 Å². The zero-order valence-corrected chi connectivity index (χ0v) is 24.8. The van der Waals surface area contributed by atoms with Gasteiger partial charge in [0.15, 0.2) is 17.3 Å². The molecule has 1 heterocycles. The first-order chi connectivity index (χ1) is 19.2. The van der Waals surface area contributed by atoms with Crippen molar-refractivity contribution in [3.63, 3.8) is 0 Å². The van der Waals surface area contributed by atoms with Gasteiger partial charge in [-0.1, -0.05) is 46.4 Å². The van der Waals surface area contributed by atoms with Crippen LogP contribution in [0.3, 0.4) is 0 Å². The van der Waals surface area contributed by atoms with Crippen LogP contribution in [0, 0.1) is 0 Å². The number of Topliss-reactive ketones (excluding diaryl/α,β-unsaturated/α-hetero) is 1. The van der Waals surface area contributed by atoms with E-state index in [0.717, 1.165) is 5.56 Å². The Bertz CT molecular complexity index is 1300. The second kappa shape index (κ2) is 15.8. The number of methoxy groups -OCH3 is 1. The van der Waals surface area contributed by atoms with Crippen LogP contribution in [0.15, 0.2) is 36.7 Å². The van der Waals surface area contributed by atoms with Gasteiger partial charge in [0, 0.05) is 25.1 Å². The van der Waals surface area contributed by atoms with Gasteiger partial charge in [0.25, 0.3) is 0 Å². The molecule has 0 spiro atoms. The van der Waals surface area contributed by atoms with Crippen molar-refractivity contribution in [2.75, 3.05) is 38.9 Å². The molecule has 0 unspecified atom stereocenters. The fraction of sp³-hybridized carbons (Fsp3) is 0.333. The molecule has 1 aromatic heterocycles. The van der Waals surface area contributed by atoms with E-state index in [-0.39, 0.29) is 24.8 Å². The van der Waals surface area contributed by atoms with Gasteiger partial charge in [-0.2, -0.15) is 10.2 Å². The number of halogens is 4. The molecule has 40 heavy (non-hydrogen) atoms. The van der Waals surface area contributed by atoms with Crippen LogP contribution in [-0.2, 0) is 20.7 Å². The summed E-state index contributed by atoms with van der Waals surface area (Å²) in [4.78, 5) is 23.1. The first-order valence-electron chi connectivity index (χ1n) is 12.1. The number of nitrogens with one attached hydrogen (secondary N) is 1. The molecule has 13 heteroatoms. The SMILES string of the molecule is COC(=O)CCc1cc(Cl)c(OCCCOCCOc2c(Cl)cc(Nc3cnncc3C(C)=O)cc2Cl)c(Cl)c1. The largest absolute Gasteiger partial charge is 0.490 e. The topological polar surface area (TPSA) is 109 Å². The van der Waals surface area contributed by atoms with Gasteiger partial charge in [0.2, 0.25) is 0 Å². The van der Waals surface area contributed by atoms with Crippen molar-refractivity contribution in [2.45, 2.75) is 26.2 Å². The van der Waals surface area contributed by atoms with Gasteiger partial charge in [0.1, 0.15) is 6.61 Å². The summed E-state index contributed by atoms with van der Waals surface area (Å²) in [6.45, 7) is 2.72. The highest BCUT2D eigenvalue weighted by molar-refractivity contribution is 6.38. The molecule has 0 aliphatic heterocycles. The number of ether oxygens (including phenoxy) is 4. The first-order valence-corrected chi connectivity index (χ1v) is 13.7. The van der Waals surface area contributed by atoms with Crippen LogP contribution in [0.4, 0.5) is 11.4 Å². The molecule has 3 rings (SSSR count). The maximum absolute atomic E-state index is 11.8. The highest BCUT2D eigenvalue weighted by atomic mass is 35.5. The van der Waals surface area contributed by atoms with Crippen molar-refractivity contribution in [1.82, 2.24) is 10.2 Å². The Balaban J connectivity index is 1.39. The van der Waals surface area contributed by atoms with E-state index in [9.17, 15) is 9.59 Å². The van der Waals surface area contributed by atoms with E-state index in [0.29, 0.717) is 81.2 Å². The Labute approximate surface area is 252 Å². The molecule has 2 aromatic carbocycles. The van der Waals surface area contributed by atoms with E-state index in [4.69, 9.17) is 60.6 Å². The lowest BCUT2D eigenvalue weighted by Gasteiger charge is -2.14. The Morgan fingerprint density at radius 3 is 2.05 bits per heavy atom. The number of ketones is 1. The van der Waals surface area contributed by atoms with Crippen LogP contribution in [0.2, 0.25) is 20.1 Å². The zero-order chi connectivity index (χ0) is 29.1. The van der Waals surface area contributed by atoms with Gasteiger partial charge in [-0.3, -0.25) is 9.59 Å². The average molecular weight is 631 g/mol. The minimum absolute atomic E-state index is 0.156. The summed E-state index contributed by atoms with van der Waals surface area (Å²) < 4.78 is 21.7. The van der Waals surface area contributed by atoms with Crippen molar-refractivity contribution in [3.8, 4) is 11.5 Å². The monoisotopic (exact) mass is 629 g/mol. The van der Waals surface area contributed by atoms with Gasteiger partial charge in [0.05, 0.1) is 64.1 Å². The maximum atomic E-state index is 11.8. The molecule has 0 amide bonds. The summed E-state index contributed by atoms with van der Waals surface area (Å²) in [5.41, 5.74) is 2.25. The number of aromatic nitrogens is 2. The number of benzene rings is 2. The maximum Gasteiger partial charge on any atom is 0.305 e. The minimum atomic E-state index is -0.306. The molecule has 9 nitrogen and oxygen atoms in total. The summed E-state index contributed by atoms with van der Waals surface area (Å²) in [5.74, 6) is 0.240. The second-order valence-electron chi connectivity index (χ2n) is 8.39. The molecule has 3 aromatic rings. The van der Waals surface area contributed by atoms with E-state index in [1.165, 1.54) is 26.4 Å². The summed E-state index contributed by atoms with van der Waals surface area (Å²) in [5, 5.41) is 11.9. The highest BCUT2D eigenvalue weighted by Gasteiger charge is 2.14. The third kappa shape index (κ3) is 9.38. The quantitative estimate of drug-likeness (QED) is 0.108. The Kier molecular flexibility index (Phi) is 12.5. The Morgan fingerprint density at radius 2 is 1.43 bits per heavy atom. The molecule has 0 fully saturated rings. The van der Waals surface area contributed by atoms with Crippen LogP contribution in [0.5, 0.6) is 11.5 Å². The van der Waals surface area contributed by atoms with Gasteiger partial charge in [-0.25, -0.2) is 0 Å². The number of esters is 1. The van der Waals surface area contributed by atoms with Crippen LogP contribution < -0.4 is 14.8 Å².